The highest BCUT2D eigenvalue weighted by Crippen LogP contribution is 2.22. The second-order valence-electron chi connectivity index (χ2n) is 5.66. The Kier molecular flexibility index (Phi) is 4.57. The molecule has 1 unspecified atom stereocenters. The van der Waals surface area contributed by atoms with Gasteiger partial charge in [0.25, 0.3) is 0 Å². The maximum Gasteiger partial charge on any atom is 0.0644 e. The minimum atomic E-state index is 0.0890. The Balaban J connectivity index is 2.19. The van der Waals surface area contributed by atoms with E-state index in [9.17, 15) is 0 Å². The Bertz CT molecular complexity index is 572. The summed E-state index contributed by atoms with van der Waals surface area (Å²) in [4.78, 5) is 0. The molecule has 1 aromatic heterocycles. The normalized spacial score (nSPS) is 12.9. The van der Waals surface area contributed by atoms with Crippen molar-refractivity contribution in [3.8, 4) is 0 Å². The molecule has 2 aromatic rings. The number of benzene rings is 1. The molecule has 3 N–H and O–H groups in total. The van der Waals surface area contributed by atoms with Crippen LogP contribution in [0, 0.1) is 13.8 Å². The molecule has 1 aromatic carbocycles. The maximum atomic E-state index is 5.74. The van der Waals surface area contributed by atoms with Crippen LogP contribution in [0.3, 0.4) is 0 Å². The lowest BCUT2D eigenvalue weighted by atomic mass is 9.96. The summed E-state index contributed by atoms with van der Waals surface area (Å²) < 4.78 is 1.98. The fourth-order valence-corrected chi connectivity index (χ4v) is 2.46. The Morgan fingerprint density at radius 2 is 2.00 bits per heavy atom. The van der Waals surface area contributed by atoms with Crippen LogP contribution in [0.15, 0.2) is 30.5 Å². The van der Waals surface area contributed by atoms with E-state index in [1.54, 1.807) is 0 Å². The lowest BCUT2D eigenvalue weighted by Crippen LogP contribution is -2.30. The summed E-state index contributed by atoms with van der Waals surface area (Å²) in [6.45, 7) is 8.48. The number of aromatic nitrogens is 2. The number of nitrogens with zero attached hydrogens (tertiary/aromatic N) is 2. The van der Waals surface area contributed by atoms with Gasteiger partial charge < -0.3 is 0 Å². The smallest absolute Gasteiger partial charge is 0.0644 e. The highest BCUT2D eigenvalue weighted by Gasteiger charge is 2.15. The molecule has 0 aliphatic rings. The molecule has 0 saturated carbocycles. The average Bonchev–Trinajstić information content (AvgIpc) is 2.85. The highest BCUT2D eigenvalue weighted by molar-refractivity contribution is 5.33. The van der Waals surface area contributed by atoms with Gasteiger partial charge in [-0.1, -0.05) is 23.8 Å². The van der Waals surface area contributed by atoms with Crippen molar-refractivity contribution in [2.45, 2.75) is 46.2 Å². The first-order valence-corrected chi connectivity index (χ1v) is 7.08. The van der Waals surface area contributed by atoms with Crippen LogP contribution in [-0.4, -0.2) is 9.78 Å². The molecule has 2 rings (SSSR count). The first-order valence-electron chi connectivity index (χ1n) is 7.08. The van der Waals surface area contributed by atoms with Crippen LogP contribution in [0.25, 0.3) is 0 Å². The van der Waals surface area contributed by atoms with E-state index in [-0.39, 0.29) is 6.04 Å². The molecule has 4 heteroatoms. The van der Waals surface area contributed by atoms with E-state index in [1.165, 1.54) is 16.7 Å². The van der Waals surface area contributed by atoms with E-state index >= 15 is 0 Å². The summed E-state index contributed by atoms with van der Waals surface area (Å²) in [6, 6.07) is 8.99. The molecule has 20 heavy (non-hydrogen) atoms. The second kappa shape index (κ2) is 6.20. The van der Waals surface area contributed by atoms with E-state index in [0.29, 0.717) is 6.04 Å². The minimum absolute atomic E-state index is 0.0890. The topological polar surface area (TPSA) is 55.9 Å². The second-order valence-corrected chi connectivity index (χ2v) is 5.66. The number of hydrogen-bond acceptors (Lipinski definition) is 3. The summed E-state index contributed by atoms with van der Waals surface area (Å²) in [7, 11) is 0. The van der Waals surface area contributed by atoms with Gasteiger partial charge in [0.05, 0.1) is 11.7 Å². The lowest BCUT2D eigenvalue weighted by molar-refractivity contribution is 0.506. The number of hydrogen-bond donors (Lipinski definition) is 2. The molecule has 108 valence electrons. The van der Waals surface area contributed by atoms with Gasteiger partial charge in [-0.2, -0.15) is 5.10 Å². The summed E-state index contributed by atoms with van der Waals surface area (Å²) in [6.07, 6.45) is 2.82. The molecular weight excluding hydrogens is 248 g/mol. The van der Waals surface area contributed by atoms with E-state index in [0.717, 1.165) is 12.1 Å². The van der Waals surface area contributed by atoms with Gasteiger partial charge in [-0.05, 0) is 44.9 Å². The number of aryl methyl sites for hydroxylation is 2. The minimum Gasteiger partial charge on any atom is -0.271 e. The number of nitrogens with two attached hydrogens (primary N) is 1. The summed E-state index contributed by atoms with van der Waals surface area (Å²) in [5, 5.41) is 4.59. The Labute approximate surface area is 121 Å². The monoisotopic (exact) mass is 272 g/mol. The van der Waals surface area contributed by atoms with Crippen LogP contribution in [0.4, 0.5) is 0 Å². The highest BCUT2D eigenvalue weighted by atomic mass is 15.3. The predicted octanol–water partition coefficient (Wildman–Crippen LogP) is 2.83. The van der Waals surface area contributed by atoms with Gasteiger partial charge in [-0.15, -0.1) is 0 Å². The van der Waals surface area contributed by atoms with Gasteiger partial charge in [0.1, 0.15) is 0 Å². The molecule has 0 bridgehead atoms. The van der Waals surface area contributed by atoms with Crippen LogP contribution in [0.1, 0.15) is 48.3 Å². The van der Waals surface area contributed by atoms with Crippen LogP contribution in [0.5, 0.6) is 0 Å². The molecular formula is C16H24N4. The Hall–Kier alpha value is -1.65. The molecule has 0 aliphatic heterocycles. The van der Waals surface area contributed by atoms with Crippen LogP contribution >= 0.6 is 0 Å². The van der Waals surface area contributed by atoms with Gasteiger partial charge in [-0.25, -0.2) is 0 Å². The summed E-state index contributed by atoms with van der Waals surface area (Å²) >= 11 is 0. The largest absolute Gasteiger partial charge is 0.271 e. The molecule has 1 heterocycles. The first kappa shape index (κ1) is 14.8. The molecule has 0 fully saturated rings. The standard InChI is InChI=1S/C16H24N4/c1-11(2)20-8-7-14(19-20)10-16(18-17)15-6-5-12(3)9-13(15)4/h5-9,11,16,18H,10,17H2,1-4H3. The molecule has 0 amide bonds. The molecule has 1 atom stereocenters. The number of rotatable bonds is 5. The molecule has 0 spiro atoms. The average molecular weight is 272 g/mol. The van der Waals surface area contributed by atoms with Crippen molar-refractivity contribution in [1.82, 2.24) is 15.2 Å². The zero-order valence-electron chi connectivity index (χ0n) is 12.7. The van der Waals surface area contributed by atoms with Crippen molar-refractivity contribution >= 4 is 0 Å². The van der Waals surface area contributed by atoms with Crippen molar-refractivity contribution in [2.75, 3.05) is 0 Å². The molecule has 0 saturated heterocycles. The maximum absolute atomic E-state index is 5.74. The van der Waals surface area contributed by atoms with Crippen molar-refractivity contribution in [1.29, 1.82) is 0 Å². The zero-order chi connectivity index (χ0) is 14.7. The third kappa shape index (κ3) is 3.26. The van der Waals surface area contributed by atoms with Gasteiger partial charge >= 0.3 is 0 Å². The van der Waals surface area contributed by atoms with Crippen molar-refractivity contribution in [2.24, 2.45) is 5.84 Å². The number of nitrogens with one attached hydrogen (secondary N) is 1. The van der Waals surface area contributed by atoms with Gasteiger partial charge in [-0.3, -0.25) is 16.0 Å². The van der Waals surface area contributed by atoms with Crippen molar-refractivity contribution in [3.63, 3.8) is 0 Å². The van der Waals surface area contributed by atoms with Crippen molar-refractivity contribution in [3.05, 3.63) is 52.8 Å². The fraction of sp³-hybridized carbons (Fsp3) is 0.438. The lowest BCUT2D eigenvalue weighted by Gasteiger charge is -2.18. The molecule has 0 radical (unpaired) electrons. The first-order chi connectivity index (χ1) is 9.51. The van der Waals surface area contributed by atoms with E-state index < -0.39 is 0 Å². The fourth-order valence-electron chi connectivity index (χ4n) is 2.46. The Morgan fingerprint density at radius 3 is 2.55 bits per heavy atom. The molecule has 4 nitrogen and oxygen atoms in total. The van der Waals surface area contributed by atoms with E-state index in [4.69, 9.17) is 5.84 Å². The summed E-state index contributed by atoms with van der Waals surface area (Å²) in [5.74, 6) is 5.74. The summed E-state index contributed by atoms with van der Waals surface area (Å²) in [5.41, 5.74) is 7.74. The SMILES string of the molecule is Cc1ccc(C(Cc2ccn(C(C)C)n2)NN)c(C)c1. The van der Waals surface area contributed by atoms with Crippen LogP contribution < -0.4 is 11.3 Å². The third-order valence-electron chi connectivity index (χ3n) is 3.61. The van der Waals surface area contributed by atoms with E-state index in [2.05, 4.69) is 62.5 Å². The van der Waals surface area contributed by atoms with Crippen LogP contribution in [-0.2, 0) is 6.42 Å². The Morgan fingerprint density at radius 1 is 1.25 bits per heavy atom. The number of hydrazine groups is 1. The van der Waals surface area contributed by atoms with Gasteiger partial charge in [0.2, 0.25) is 0 Å². The van der Waals surface area contributed by atoms with E-state index in [1.807, 2.05) is 10.9 Å². The predicted molar refractivity (Wildman–Crippen MR) is 82.3 cm³/mol. The quantitative estimate of drug-likeness (QED) is 0.650. The third-order valence-corrected chi connectivity index (χ3v) is 3.61. The van der Waals surface area contributed by atoms with Crippen molar-refractivity contribution < 1.29 is 0 Å². The van der Waals surface area contributed by atoms with Gasteiger partial charge in [0, 0.05) is 18.7 Å². The molecule has 0 aliphatic carbocycles. The van der Waals surface area contributed by atoms with Crippen LogP contribution in [0.2, 0.25) is 0 Å². The van der Waals surface area contributed by atoms with Gasteiger partial charge in [0.15, 0.2) is 0 Å². The zero-order valence-corrected chi connectivity index (χ0v) is 12.7.